The van der Waals surface area contributed by atoms with Crippen molar-refractivity contribution in [3.05, 3.63) is 52.7 Å². The van der Waals surface area contributed by atoms with Gasteiger partial charge in [-0.15, -0.1) is 0 Å². The van der Waals surface area contributed by atoms with Gasteiger partial charge in [-0.25, -0.2) is 35.6 Å². The number of amides is 2. The maximum Gasteiger partial charge on any atom is 0.418 e. The number of benzene rings is 2. The van der Waals surface area contributed by atoms with E-state index < -0.39 is 69.4 Å². The van der Waals surface area contributed by atoms with Crippen LogP contribution in [0.2, 0.25) is 5.02 Å². The molecular weight excluding hydrogens is 668 g/mol. The molecule has 18 heteroatoms. The first-order valence-electron chi connectivity index (χ1n) is 14.0. The summed E-state index contributed by atoms with van der Waals surface area (Å²) < 4.78 is 117. The van der Waals surface area contributed by atoms with Crippen molar-refractivity contribution < 1.29 is 49.1 Å². The second-order valence-electron chi connectivity index (χ2n) is 11.0. The number of aromatic nitrogens is 1. The second-order valence-corrected chi connectivity index (χ2v) is 13.1. The number of hydrogen-bond acceptors (Lipinski definition) is 6. The quantitative estimate of drug-likeness (QED) is 0.282. The van der Waals surface area contributed by atoms with Crippen LogP contribution in [-0.4, -0.2) is 81.2 Å². The summed E-state index contributed by atoms with van der Waals surface area (Å²) in [6.45, 7) is 0.875. The molecule has 0 unspecified atom stereocenters. The van der Waals surface area contributed by atoms with Crippen LogP contribution in [0.4, 0.5) is 47.3 Å². The van der Waals surface area contributed by atoms with Crippen molar-refractivity contribution in [3.8, 4) is 0 Å². The van der Waals surface area contributed by atoms with Gasteiger partial charge in [-0.2, -0.15) is 8.78 Å². The Morgan fingerprint density at radius 1 is 1.13 bits per heavy atom. The van der Waals surface area contributed by atoms with Crippen molar-refractivity contribution in [2.45, 2.75) is 49.5 Å². The van der Waals surface area contributed by atoms with Crippen LogP contribution in [0.5, 0.6) is 0 Å². The molecule has 10 nitrogen and oxygen atoms in total. The number of aryl methyl sites for hydroxylation is 1. The summed E-state index contributed by atoms with van der Waals surface area (Å²) in [6, 6.07) is 3.14. The second kappa shape index (κ2) is 12.8. The van der Waals surface area contributed by atoms with Gasteiger partial charge in [-0.05, 0) is 56.0 Å². The standard InChI is InChI=1S/C28H28ClF6N5O5S/c1-15-13-40(27(42)45-17-3-7-38(8-4-17)14-28(34,35)25(32)33)24-19(15)11-18(12-22(24)39-6-2-5-36-26(39)41)46(43,44)37-23-20(30)9-16(29)10-21(23)31/h9-13,17,25,37H,2-8,14H2,1H3,(H,36,41). The lowest BCUT2D eigenvalue weighted by molar-refractivity contribution is -0.145. The molecule has 0 saturated carbocycles. The molecule has 0 bridgehead atoms. The molecule has 46 heavy (non-hydrogen) atoms. The van der Waals surface area contributed by atoms with Crippen LogP contribution < -0.4 is 14.9 Å². The Morgan fingerprint density at radius 3 is 2.39 bits per heavy atom. The summed E-state index contributed by atoms with van der Waals surface area (Å²) in [7, 11) is -4.68. The van der Waals surface area contributed by atoms with Crippen molar-refractivity contribution in [2.24, 2.45) is 0 Å². The van der Waals surface area contributed by atoms with Gasteiger partial charge in [0.1, 0.15) is 11.8 Å². The van der Waals surface area contributed by atoms with E-state index in [1.165, 1.54) is 17.2 Å². The third kappa shape index (κ3) is 6.85. The molecule has 250 valence electrons. The van der Waals surface area contributed by atoms with Crippen LogP contribution in [0.1, 0.15) is 24.8 Å². The molecule has 2 aliphatic heterocycles. The number of anilines is 2. The van der Waals surface area contributed by atoms with E-state index in [0.717, 1.165) is 27.7 Å². The lowest BCUT2D eigenvalue weighted by atomic mass is 10.1. The number of carbonyl (C=O) groups excluding carboxylic acids is 2. The Bertz CT molecular complexity index is 1760. The topological polar surface area (TPSA) is 113 Å². The highest BCUT2D eigenvalue weighted by Gasteiger charge is 2.43. The SMILES string of the molecule is Cc1cn(C(=O)OC2CCN(CC(F)(F)C(F)F)CC2)c2c(N3CCCNC3=O)cc(S(=O)(=O)Nc3c(F)cc(Cl)cc3F)cc12. The van der Waals surface area contributed by atoms with Crippen LogP contribution >= 0.6 is 11.6 Å². The maximum absolute atomic E-state index is 14.5. The van der Waals surface area contributed by atoms with Gasteiger partial charge in [0.15, 0.2) is 11.6 Å². The number of rotatable bonds is 8. The smallest absolute Gasteiger partial charge is 0.418 e. The minimum Gasteiger partial charge on any atom is -0.446 e. The number of carbonyl (C=O) groups is 2. The Balaban J connectivity index is 1.47. The highest BCUT2D eigenvalue weighted by molar-refractivity contribution is 7.92. The fourth-order valence-electron chi connectivity index (χ4n) is 5.42. The number of nitrogens with zero attached hydrogens (tertiary/aromatic N) is 3. The summed E-state index contributed by atoms with van der Waals surface area (Å²) in [5, 5.41) is 2.55. The molecule has 2 saturated heterocycles. The number of nitrogens with one attached hydrogen (secondary N) is 2. The van der Waals surface area contributed by atoms with Crippen LogP contribution in [0.25, 0.3) is 10.9 Å². The third-order valence-corrected chi connectivity index (χ3v) is 9.28. The summed E-state index contributed by atoms with van der Waals surface area (Å²) in [6.07, 6.45) is -3.44. The Labute approximate surface area is 264 Å². The number of likely N-dealkylation sites (tertiary alicyclic amines) is 1. The molecule has 0 aliphatic carbocycles. The van der Waals surface area contributed by atoms with Gasteiger partial charge in [0.25, 0.3) is 10.0 Å². The summed E-state index contributed by atoms with van der Waals surface area (Å²) in [5.41, 5.74) is -0.489. The minimum atomic E-state index is -4.68. The Morgan fingerprint density at radius 2 is 1.78 bits per heavy atom. The number of fused-ring (bicyclic) bond motifs is 1. The lowest BCUT2D eigenvalue weighted by Crippen LogP contribution is -2.47. The molecule has 0 radical (unpaired) electrons. The van der Waals surface area contributed by atoms with E-state index in [2.05, 4.69) is 5.32 Å². The lowest BCUT2D eigenvalue weighted by Gasteiger charge is -2.33. The van der Waals surface area contributed by atoms with Crippen molar-refractivity contribution in [1.82, 2.24) is 14.8 Å². The van der Waals surface area contributed by atoms with Crippen molar-refractivity contribution >= 4 is 56.0 Å². The fraction of sp³-hybridized carbons (Fsp3) is 0.429. The molecule has 3 aromatic rings. The van der Waals surface area contributed by atoms with Gasteiger partial charge in [0.2, 0.25) is 0 Å². The van der Waals surface area contributed by atoms with Gasteiger partial charge in [-0.3, -0.25) is 19.1 Å². The first-order valence-corrected chi connectivity index (χ1v) is 15.9. The molecule has 2 aromatic carbocycles. The van der Waals surface area contributed by atoms with Crippen molar-refractivity contribution in [2.75, 3.05) is 42.3 Å². The van der Waals surface area contributed by atoms with Crippen LogP contribution in [0.3, 0.4) is 0 Å². The summed E-state index contributed by atoms with van der Waals surface area (Å²) in [5.74, 6) is -6.70. The Kier molecular flexibility index (Phi) is 9.39. The van der Waals surface area contributed by atoms with E-state index in [0.29, 0.717) is 18.5 Å². The first kappa shape index (κ1) is 33.7. The van der Waals surface area contributed by atoms with Gasteiger partial charge in [0, 0.05) is 42.8 Å². The van der Waals surface area contributed by atoms with Crippen molar-refractivity contribution in [1.29, 1.82) is 0 Å². The van der Waals surface area contributed by atoms with E-state index in [9.17, 15) is 44.3 Å². The zero-order chi connectivity index (χ0) is 33.6. The number of alkyl halides is 4. The Hall–Kier alpha value is -3.70. The van der Waals surface area contributed by atoms with E-state index in [4.69, 9.17) is 16.3 Å². The van der Waals surface area contributed by atoms with E-state index in [-0.39, 0.29) is 54.1 Å². The monoisotopic (exact) mass is 695 g/mol. The number of urea groups is 1. The van der Waals surface area contributed by atoms with Crippen LogP contribution in [0.15, 0.2) is 35.4 Å². The zero-order valence-corrected chi connectivity index (χ0v) is 25.7. The largest absolute Gasteiger partial charge is 0.446 e. The fourth-order valence-corrected chi connectivity index (χ4v) is 6.74. The van der Waals surface area contributed by atoms with Gasteiger partial charge < -0.3 is 10.1 Å². The summed E-state index contributed by atoms with van der Waals surface area (Å²) in [4.78, 5) is 28.3. The van der Waals surface area contributed by atoms with Gasteiger partial charge >= 0.3 is 24.5 Å². The number of piperidine rings is 1. The number of halogens is 7. The van der Waals surface area contributed by atoms with Crippen LogP contribution in [-0.2, 0) is 14.8 Å². The van der Waals surface area contributed by atoms with Crippen molar-refractivity contribution in [3.63, 3.8) is 0 Å². The molecule has 2 N–H and O–H groups in total. The van der Waals surface area contributed by atoms with Gasteiger partial charge in [-0.1, -0.05) is 11.6 Å². The highest BCUT2D eigenvalue weighted by atomic mass is 35.5. The highest BCUT2D eigenvalue weighted by Crippen LogP contribution is 2.36. The van der Waals surface area contributed by atoms with E-state index in [1.54, 1.807) is 6.92 Å². The van der Waals surface area contributed by atoms with E-state index in [1.807, 2.05) is 4.72 Å². The predicted octanol–water partition coefficient (Wildman–Crippen LogP) is 5.95. The zero-order valence-electron chi connectivity index (χ0n) is 24.1. The molecule has 2 aliphatic rings. The van der Waals surface area contributed by atoms with Crippen LogP contribution in [0, 0.1) is 18.6 Å². The normalized spacial score (nSPS) is 17.1. The van der Waals surface area contributed by atoms with Gasteiger partial charge in [0.05, 0.1) is 22.6 Å². The molecule has 0 atom stereocenters. The number of ether oxygens (including phenoxy) is 1. The molecular formula is C28H28ClF6N5O5S. The molecule has 3 heterocycles. The molecule has 2 fully saturated rings. The molecule has 2 amide bonds. The predicted molar refractivity (Wildman–Crippen MR) is 157 cm³/mol. The molecule has 5 rings (SSSR count). The first-order chi connectivity index (χ1) is 21.6. The average molecular weight is 696 g/mol. The average Bonchev–Trinajstić information content (AvgIpc) is 3.32. The summed E-state index contributed by atoms with van der Waals surface area (Å²) >= 11 is 5.65. The van der Waals surface area contributed by atoms with E-state index >= 15 is 0 Å². The number of sulfonamides is 1. The minimum absolute atomic E-state index is 0.0128. The molecule has 0 spiro atoms. The number of hydrogen-bond donors (Lipinski definition) is 2. The maximum atomic E-state index is 14.5. The molecule has 1 aromatic heterocycles. The third-order valence-electron chi connectivity index (χ3n) is 7.73.